The van der Waals surface area contributed by atoms with Crippen molar-refractivity contribution in [3.63, 3.8) is 0 Å². The highest BCUT2D eigenvalue weighted by Crippen LogP contribution is 2.21. The second-order valence-electron chi connectivity index (χ2n) is 1.49. The molecule has 0 saturated carbocycles. The zero-order chi connectivity index (χ0) is 5.98. The Morgan fingerprint density at radius 2 is 1.10 bits per heavy atom. The van der Waals surface area contributed by atoms with Crippen LogP contribution in [0.2, 0.25) is 0 Å². The molecule has 10 heavy (non-hydrogen) atoms. The van der Waals surface area contributed by atoms with Crippen LogP contribution in [0.25, 0.3) is 0 Å². The quantitative estimate of drug-likeness (QED) is 0.711. The number of phenolic OH excluding ortho intramolecular Hbond substituents is 2. The van der Waals surface area contributed by atoms with E-state index in [-0.39, 0.29) is 45.5 Å². The summed E-state index contributed by atoms with van der Waals surface area (Å²) in [7, 11) is 0. The molecule has 1 aromatic carbocycles. The van der Waals surface area contributed by atoms with Gasteiger partial charge in [0.25, 0.3) is 0 Å². The average molecular weight is 272 g/mol. The summed E-state index contributed by atoms with van der Waals surface area (Å²) in [5.41, 5.74) is 0. The van der Waals surface area contributed by atoms with Gasteiger partial charge in [-0.15, -0.1) is 34.0 Å². The fraction of sp³-hybridized carbons (Fsp3) is 0. The predicted molar refractivity (Wildman–Crippen MR) is 50.4 cm³/mol. The molecule has 58 valence electrons. The van der Waals surface area contributed by atoms with Gasteiger partial charge in [0.2, 0.25) is 0 Å². The molecule has 0 fully saturated rings. The van der Waals surface area contributed by atoms with Gasteiger partial charge in [0, 0.05) is 0 Å². The first-order chi connectivity index (χ1) is 3.80. The Hall–Kier alpha value is -0.220. The van der Waals surface area contributed by atoms with Crippen molar-refractivity contribution in [2.75, 3.05) is 0 Å². The molecule has 1 rings (SSSR count). The van der Waals surface area contributed by atoms with Crippen LogP contribution >= 0.6 is 34.0 Å². The van der Waals surface area contributed by atoms with E-state index in [0.29, 0.717) is 0 Å². The van der Waals surface area contributed by atoms with Crippen LogP contribution in [0.3, 0.4) is 0 Å². The summed E-state index contributed by atoms with van der Waals surface area (Å²) in [6.45, 7) is 0. The van der Waals surface area contributed by atoms with Crippen molar-refractivity contribution < 1.29 is 10.2 Å². The van der Waals surface area contributed by atoms with Crippen LogP contribution in [0.5, 0.6) is 11.5 Å². The number of hydrogen-bond donors (Lipinski definition) is 2. The number of rotatable bonds is 0. The van der Waals surface area contributed by atoms with Gasteiger partial charge in [-0.25, -0.2) is 0 Å². The van der Waals surface area contributed by atoms with E-state index in [0.717, 1.165) is 0 Å². The number of benzene rings is 1. The molecule has 0 unspecified atom stereocenters. The number of phenols is 2. The lowest BCUT2D eigenvalue weighted by atomic mass is 10.3. The lowest BCUT2D eigenvalue weighted by Crippen LogP contribution is -1.63. The van der Waals surface area contributed by atoms with Gasteiger partial charge in [0.05, 0.1) is 0 Å². The minimum Gasteiger partial charge on any atom is -0.504 e. The van der Waals surface area contributed by atoms with E-state index in [4.69, 9.17) is 10.2 Å². The Labute approximate surface area is 80.0 Å². The first-order valence-corrected chi connectivity index (χ1v) is 2.27. The molecule has 0 radical (unpaired) electrons. The normalized spacial score (nSPS) is 7.20. The summed E-state index contributed by atoms with van der Waals surface area (Å²) in [6.07, 6.45) is 0. The van der Waals surface area contributed by atoms with Crippen LogP contribution in [0.15, 0.2) is 24.3 Å². The minimum atomic E-state index is -0.0764. The van der Waals surface area contributed by atoms with Gasteiger partial charge in [-0.05, 0) is 12.1 Å². The van der Waals surface area contributed by atoms with E-state index in [1.807, 2.05) is 0 Å². The Balaban J connectivity index is 0. The third kappa shape index (κ3) is 3.08. The molecular formula is C6H8Br2O2. The number of hydrogen-bond acceptors (Lipinski definition) is 2. The van der Waals surface area contributed by atoms with Crippen LogP contribution in [-0.4, -0.2) is 10.2 Å². The molecule has 0 aliphatic carbocycles. The maximum Gasteiger partial charge on any atom is 0.157 e. The van der Waals surface area contributed by atoms with Gasteiger partial charge in [0.15, 0.2) is 11.5 Å². The van der Waals surface area contributed by atoms with Crippen molar-refractivity contribution in [3.8, 4) is 11.5 Å². The van der Waals surface area contributed by atoms with E-state index in [2.05, 4.69) is 0 Å². The Morgan fingerprint density at radius 1 is 0.800 bits per heavy atom. The standard InChI is InChI=1S/C6H6O2.2BrH/c7-5-3-1-2-4-6(5)8;;/h1-4,7-8H;2*1H. The molecule has 0 atom stereocenters. The van der Waals surface area contributed by atoms with Gasteiger partial charge in [-0.3, -0.25) is 0 Å². The minimum absolute atomic E-state index is 0. The van der Waals surface area contributed by atoms with Gasteiger partial charge in [0.1, 0.15) is 0 Å². The van der Waals surface area contributed by atoms with Crippen LogP contribution in [0.4, 0.5) is 0 Å². The average Bonchev–Trinajstić information content (AvgIpc) is 1.77. The van der Waals surface area contributed by atoms with Gasteiger partial charge in [-0.1, -0.05) is 12.1 Å². The van der Waals surface area contributed by atoms with Crippen molar-refractivity contribution in [2.24, 2.45) is 0 Å². The zero-order valence-electron chi connectivity index (χ0n) is 5.02. The highest BCUT2D eigenvalue weighted by molar-refractivity contribution is 8.93. The van der Waals surface area contributed by atoms with E-state index < -0.39 is 0 Å². The van der Waals surface area contributed by atoms with Crippen LogP contribution in [0.1, 0.15) is 0 Å². The van der Waals surface area contributed by atoms with Crippen LogP contribution in [-0.2, 0) is 0 Å². The number of halogens is 2. The highest BCUT2D eigenvalue weighted by Gasteiger charge is 1.90. The molecule has 0 aromatic heterocycles. The van der Waals surface area contributed by atoms with E-state index in [1.54, 1.807) is 12.1 Å². The molecule has 0 heterocycles. The summed E-state index contributed by atoms with van der Waals surface area (Å²) >= 11 is 0. The highest BCUT2D eigenvalue weighted by atomic mass is 79.9. The fourth-order valence-corrected chi connectivity index (χ4v) is 0.464. The first-order valence-electron chi connectivity index (χ1n) is 2.27. The molecule has 0 amide bonds. The Morgan fingerprint density at radius 3 is 1.30 bits per heavy atom. The SMILES string of the molecule is Br.Br.Oc1ccccc1O. The molecule has 2 N–H and O–H groups in total. The molecular weight excluding hydrogens is 264 g/mol. The van der Waals surface area contributed by atoms with Crippen molar-refractivity contribution in [3.05, 3.63) is 24.3 Å². The van der Waals surface area contributed by atoms with E-state index >= 15 is 0 Å². The largest absolute Gasteiger partial charge is 0.504 e. The van der Waals surface area contributed by atoms with Crippen molar-refractivity contribution in [2.45, 2.75) is 0 Å². The maximum atomic E-state index is 8.67. The maximum absolute atomic E-state index is 8.67. The van der Waals surface area contributed by atoms with E-state index in [9.17, 15) is 0 Å². The fourth-order valence-electron chi connectivity index (χ4n) is 0.464. The second kappa shape index (κ2) is 5.56. The number of para-hydroxylation sites is 2. The lowest BCUT2D eigenvalue weighted by Gasteiger charge is -1.91. The van der Waals surface area contributed by atoms with Gasteiger partial charge >= 0.3 is 0 Å². The summed E-state index contributed by atoms with van der Waals surface area (Å²) in [5, 5.41) is 17.3. The van der Waals surface area contributed by atoms with E-state index in [1.165, 1.54) is 12.1 Å². The monoisotopic (exact) mass is 270 g/mol. The Bertz CT molecular complexity index is 170. The molecule has 0 aliphatic heterocycles. The molecule has 0 aliphatic rings. The summed E-state index contributed by atoms with van der Waals surface area (Å²) < 4.78 is 0. The summed E-state index contributed by atoms with van der Waals surface area (Å²) in [6, 6.07) is 6.15. The van der Waals surface area contributed by atoms with Crippen LogP contribution < -0.4 is 0 Å². The third-order valence-electron chi connectivity index (χ3n) is 0.882. The molecule has 0 spiro atoms. The summed E-state index contributed by atoms with van der Waals surface area (Å²) in [4.78, 5) is 0. The van der Waals surface area contributed by atoms with Crippen molar-refractivity contribution >= 4 is 34.0 Å². The van der Waals surface area contributed by atoms with Crippen molar-refractivity contribution in [1.29, 1.82) is 0 Å². The summed E-state index contributed by atoms with van der Waals surface area (Å²) in [5.74, 6) is -0.153. The molecule has 0 saturated heterocycles. The van der Waals surface area contributed by atoms with Gasteiger partial charge in [-0.2, -0.15) is 0 Å². The lowest BCUT2D eigenvalue weighted by molar-refractivity contribution is 0.404. The molecule has 4 heteroatoms. The Kier molecular flexibility index (Phi) is 6.92. The predicted octanol–water partition coefficient (Wildman–Crippen LogP) is 2.25. The van der Waals surface area contributed by atoms with Crippen molar-refractivity contribution in [1.82, 2.24) is 0 Å². The zero-order valence-corrected chi connectivity index (χ0v) is 8.45. The first kappa shape index (κ1) is 12.5. The third-order valence-corrected chi connectivity index (χ3v) is 0.882. The topological polar surface area (TPSA) is 40.5 Å². The molecule has 2 nitrogen and oxygen atoms in total. The molecule has 1 aromatic rings. The second-order valence-corrected chi connectivity index (χ2v) is 1.49. The van der Waals surface area contributed by atoms with Crippen LogP contribution in [0, 0.1) is 0 Å². The number of aromatic hydroxyl groups is 2. The molecule has 0 bridgehead atoms. The smallest absolute Gasteiger partial charge is 0.157 e. The van der Waals surface area contributed by atoms with Gasteiger partial charge < -0.3 is 10.2 Å².